The number of rotatable bonds is 6. The Morgan fingerprint density at radius 1 is 1.27 bits per heavy atom. The lowest BCUT2D eigenvalue weighted by atomic mass is 10.1. The molecule has 142 valence electrons. The van der Waals surface area contributed by atoms with Crippen LogP contribution in [0.1, 0.15) is 17.0 Å². The Kier molecular flexibility index (Phi) is 6.42. The average Bonchev–Trinajstić information content (AvgIpc) is 2.99. The number of nitrogens with one attached hydrogen (secondary N) is 2. The number of aromatic nitrogens is 3. The quantitative estimate of drug-likeness (QED) is 0.600. The summed E-state index contributed by atoms with van der Waals surface area (Å²) in [6, 6.07) is 5.12. The van der Waals surface area contributed by atoms with Gasteiger partial charge in [0.2, 0.25) is 0 Å². The number of alkyl halides is 3. The van der Waals surface area contributed by atoms with Crippen molar-refractivity contribution in [1.29, 1.82) is 0 Å². The summed E-state index contributed by atoms with van der Waals surface area (Å²) in [6.07, 6.45) is -2.94. The maximum absolute atomic E-state index is 12.4. The standard InChI is InChI=1S/C16H21F3N6O/c1-11-4-5-12(13(6-11)26-9-16(17,18)19)7-21-15(20-2)22-8-14-23-10-24-25(14)3/h4-6,10H,7-9H2,1-3H3,(H2,20,21,22). The second-order valence-electron chi connectivity index (χ2n) is 5.59. The molecule has 0 spiro atoms. The second-order valence-corrected chi connectivity index (χ2v) is 5.59. The van der Waals surface area contributed by atoms with E-state index in [1.807, 2.05) is 6.07 Å². The lowest BCUT2D eigenvalue weighted by Crippen LogP contribution is -2.37. The fraction of sp³-hybridized carbons (Fsp3) is 0.438. The molecule has 0 aliphatic heterocycles. The number of hydrogen-bond donors (Lipinski definition) is 2. The number of aliphatic imine (C=N–C) groups is 1. The Bertz CT molecular complexity index is 757. The molecule has 0 aliphatic carbocycles. The van der Waals surface area contributed by atoms with Crippen molar-refractivity contribution in [2.45, 2.75) is 26.2 Å². The lowest BCUT2D eigenvalue weighted by molar-refractivity contribution is -0.153. The Morgan fingerprint density at radius 2 is 2.00 bits per heavy atom. The number of nitrogens with zero attached hydrogens (tertiary/aromatic N) is 4. The molecule has 10 heteroatoms. The minimum atomic E-state index is -4.39. The van der Waals surface area contributed by atoms with Crippen LogP contribution in [0.5, 0.6) is 5.75 Å². The fourth-order valence-electron chi connectivity index (χ4n) is 2.14. The SMILES string of the molecule is CN=C(NCc1ccc(C)cc1OCC(F)(F)F)NCc1ncnn1C. The van der Waals surface area contributed by atoms with E-state index in [9.17, 15) is 13.2 Å². The maximum Gasteiger partial charge on any atom is 0.422 e. The minimum absolute atomic E-state index is 0.193. The minimum Gasteiger partial charge on any atom is -0.484 e. The summed E-state index contributed by atoms with van der Waals surface area (Å²) in [5.74, 6) is 1.39. The zero-order valence-corrected chi connectivity index (χ0v) is 14.8. The number of ether oxygens (including phenoxy) is 1. The number of halogens is 3. The number of guanidine groups is 1. The van der Waals surface area contributed by atoms with Crippen LogP contribution in [0, 0.1) is 6.92 Å². The van der Waals surface area contributed by atoms with Gasteiger partial charge < -0.3 is 15.4 Å². The van der Waals surface area contributed by atoms with E-state index in [1.165, 1.54) is 6.33 Å². The molecule has 26 heavy (non-hydrogen) atoms. The molecule has 0 aliphatic rings. The van der Waals surface area contributed by atoms with Crippen molar-refractivity contribution in [2.75, 3.05) is 13.7 Å². The third kappa shape index (κ3) is 5.94. The molecule has 0 bridgehead atoms. The summed E-state index contributed by atoms with van der Waals surface area (Å²) in [6.45, 7) is 1.12. The molecular weight excluding hydrogens is 349 g/mol. The molecule has 7 nitrogen and oxygen atoms in total. The molecule has 0 radical (unpaired) electrons. The molecule has 0 saturated carbocycles. The molecule has 1 heterocycles. The smallest absolute Gasteiger partial charge is 0.422 e. The predicted molar refractivity (Wildman–Crippen MR) is 90.8 cm³/mol. The molecular formula is C16H21F3N6O. The molecule has 1 aromatic carbocycles. The van der Waals surface area contributed by atoms with Crippen LogP contribution < -0.4 is 15.4 Å². The molecule has 2 aromatic rings. The van der Waals surface area contributed by atoms with Crippen LogP contribution >= 0.6 is 0 Å². The highest BCUT2D eigenvalue weighted by atomic mass is 19.4. The topological polar surface area (TPSA) is 76.4 Å². The monoisotopic (exact) mass is 370 g/mol. The number of hydrogen-bond acceptors (Lipinski definition) is 4. The highest BCUT2D eigenvalue weighted by Crippen LogP contribution is 2.23. The summed E-state index contributed by atoms with van der Waals surface area (Å²) < 4.78 is 43.8. The van der Waals surface area contributed by atoms with Crippen molar-refractivity contribution in [1.82, 2.24) is 25.4 Å². The van der Waals surface area contributed by atoms with Crippen LogP contribution in [-0.2, 0) is 20.1 Å². The largest absolute Gasteiger partial charge is 0.484 e. The van der Waals surface area contributed by atoms with Crippen LogP contribution in [0.15, 0.2) is 29.5 Å². The average molecular weight is 370 g/mol. The molecule has 0 amide bonds. The third-order valence-corrected chi connectivity index (χ3v) is 3.50. The van der Waals surface area contributed by atoms with Crippen molar-refractivity contribution in [2.24, 2.45) is 12.0 Å². The van der Waals surface area contributed by atoms with E-state index in [1.54, 1.807) is 37.8 Å². The van der Waals surface area contributed by atoms with Gasteiger partial charge in [-0.3, -0.25) is 9.67 Å². The van der Waals surface area contributed by atoms with Crippen LogP contribution in [0.3, 0.4) is 0 Å². The lowest BCUT2D eigenvalue weighted by Gasteiger charge is -2.16. The number of aryl methyl sites for hydroxylation is 2. The van der Waals surface area contributed by atoms with Gasteiger partial charge in [-0.15, -0.1) is 0 Å². The van der Waals surface area contributed by atoms with Crippen molar-refractivity contribution >= 4 is 5.96 Å². The first-order valence-corrected chi connectivity index (χ1v) is 7.85. The van der Waals surface area contributed by atoms with Crippen molar-refractivity contribution in [3.8, 4) is 5.75 Å². The van der Waals surface area contributed by atoms with E-state index < -0.39 is 12.8 Å². The molecule has 2 N–H and O–H groups in total. The zero-order valence-electron chi connectivity index (χ0n) is 14.8. The van der Waals surface area contributed by atoms with Crippen LogP contribution in [-0.4, -0.2) is 40.6 Å². The van der Waals surface area contributed by atoms with Crippen molar-refractivity contribution in [3.63, 3.8) is 0 Å². The van der Waals surface area contributed by atoms with Crippen molar-refractivity contribution in [3.05, 3.63) is 41.5 Å². The van der Waals surface area contributed by atoms with E-state index >= 15 is 0 Å². The first-order chi connectivity index (χ1) is 12.3. The molecule has 0 atom stereocenters. The van der Waals surface area contributed by atoms with Gasteiger partial charge in [-0.1, -0.05) is 12.1 Å². The van der Waals surface area contributed by atoms with E-state index in [2.05, 4.69) is 25.7 Å². The van der Waals surface area contributed by atoms with Crippen LogP contribution in [0.25, 0.3) is 0 Å². The molecule has 1 aromatic heterocycles. The Labute approximate surface area is 149 Å². The number of benzene rings is 1. The van der Waals surface area contributed by atoms with Gasteiger partial charge >= 0.3 is 6.18 Å². The van der Waals surface area contributed by atoms with E-state index in [0.717, 1.165) is 11.4 Å². The highest BCUT2D eigenvalue weighted by Gasteiger charge is 2.28. The van der Waals surface area contributed by atoms with Gasteiger partial charge in [0.05, 0.1) is 6.54 Å². The van der Waals surface area contributed by atoms with Crippen LogP contribution in [0.4, 0.5) is 13.2 Å². The Hall–Kier alpha value is -2.78. The van der Waals surface area contributed by atoms with Gasteiger partial charge in [-0.05, 0) is 18.6 Å². The van der Waals surface area contributed by atoms with E-state index in [0.29, 0.717) is 18.1 Å². The first kappa shape index (κ1) is 19.5. The Balaban J connectivity index is 1.97. The summed E-state index contributed by atoms with van der Waals surface area (Å²) in [4.78, 5) is 8.17. The molecule has 0 saturated heterocycles. The summed E-state index contributed by atoms with van der Waals surface area (Å²) in [5, 5.41) is 10.1. The normalized spacial score (nSPS) is 12.2. The van der Waals surface area contributed by atoms with Crippen molar-refractivity contribution < 1.29 is 17.9 Å². The highest BCUT2D eigenvalue weighted by molar-refractivity contribution is 5.79. The fourth-order valence-corrected chi connectivity index (χ4v) is 2.14. The predicted octanol–water partition coefficient (Wildman–Crippen LogP) is 1.93. The summed E-state index contributed by atoms with van der Waals surface area (Å²) in [7, 11) is 3.37. The zero-order chi connectivity index (χ0) is 19.2. The molecule has 0 unspecified atom stereocenters. The van der Waals surface area contributed by atoms with Gasteiger partial charge in [0.15, 0.2) is 12.6 Å². The second kappa shape index (κ2) is 8.54. The van der Waals surface area contributed by atoms with Gasteiger partial charge in [-0.25, -0.2) is 4.98 Å². The first-order valence-electron chi connectivity index (χ1n) is 7.85. The van der Waals surface area contributed by atoms with Gasteiger partial charge in [0.1, 0.15) is 17.9 Å². The van der Waals surface area contributed by atoms with Gasteiger partial charge in [-0.2, -0.15) is 18.3 Å². The van der Waals surface area contributed by atoms with E-state index in [-0.39, 0.29) is 12.3 Å². The third-order valence-electron chi connectivity index (χ3n) is 3.50. The summed E-state index contributed by atoms with van der Waals surface area (Å²) in [5.41, 5.74) is 1.41. The molecule has 0 fully saturated rings. The van der Waals surface area contributed by atoms with Gasteiger partial charge in [0, 0.05) is 26.2 Å². The van der Waals surface area contributed by atoms with Gasteiger partial charge in [0.25, 0.3) is 0 Å². The molecule has 2 rings (SSSR count). The maximum atomic E-state index is 12.4. The summed E-state index contributed by atoms with van der Waals surface area (Å²) >= 11 is 0. The Morgan fingerprint density at radius 3 is 2.62 bits per heavy atom. The van der Waals surface area contributed by atoms with E-state index in [4.69, 9.17) is 4.74 Å². The van der Waals surface area contributed by atoms with Crippen LogP contribution in [0.2, 0.25) is 0 Å².